The van der Waals surface area contributed by atoms with Crippen LogP contribution < -0.4 is 4.74 Å². The fraction of sp³-hybridized carbons (Fsp3) is 0.167. The summed E-state index contributed by atoms with van der Waals surface area (Å²) in [5.74, 6) is -0.783. The van der Waals surface area contributed by atoms with Gasteiger partial charge in [0.1, 0.15) is 12.4 Å². The normalized spacial score (nSPS) is 13.8. The van der Waals surface area contributed by atoms with Crippen LogP contribution in [0.5, 0.6) is 5.75 Å². The maximum atomic E-state index is 13.4. The number of carboxylic acids is 1. The lowest BCUT2D eigenvalue weighted by Gasteiger charge is -2.22. The Morgan fingerprint density at radius 1 is 1.12 bits per heavy atom. The zero-order chi connectivity index (χ0) is 17.5. The Kier molecular flexibility index (Phi) is 3.83. The number of ether oxygens (including phenoxy) is 1. The van der Waals surface area contributed by atoms with Crippen LogP contribution in [0.2, 0.25) is 0 Å². The summed E-state index contributed by atoms with van der Waals surface area (Å²) < 4.78 is 45.7. The molecule has 1 heterocycles. The first-order valence-corrected chi connectivity index (χ1v) is 7.16. The zero-order valence-corrected chi connectivity index (χ0v) is 12.6. The summed E-state index contributed by atoms with van der Waals surface area (Å²) >= 11 is 0. The first-order chi connectivity index (χ1) is 11.3. The number of hydrogen-bond acceptors (Lipinski definition) is 2. The number of carboxylic acid groups (broad SMARTS) is 1. The van der Waals surface area contributed by atoms with Crippen LogP contribution in [-0.4, -0.2) is 17.7 Å². The number of aromatic carboxylic acids is 1. The number of halogens is 3. The van der Waals surface area contributed by atoms with Crippen molar-refractivity contribution in [1.29, 1.82) is 0 Å². The van der Waals surface area contributed by atoms with E-state index >= 15 is 0 Å². The Bertz CT molecular complexity index is 851. The van der Waals surface area contributed by atoms with Gasteiger partial charge in [-0.3, -0.25) is 0 Å². The Balaban J connectivity index is 2.21. The van der Waals surface area contributed by atoms with Crippen molar-refractivity contribution in [2.24, 2.45) is 0 Å². The highest BCUT2D eigenvalue weighted by molar-refractivity contribution is 5.92. The number of carbonyl (C=O) groups is 1. The Labute approximate surface area is 136 Å². The summed E-state index contributed by atoms with van der Waals surface area (Å²) in [6.45, 7) is 1.72. The molecule has 0 aliphatic carbocycles. The maximum absolute atomic E-state index is 13.4. The minimum atomic E-state index is -4.51. The molecule has 0 unspecified atom stereocenters. The standard InChI is InChI=1S/C18H13F3O3/c1-10-2-4-13(15(8-10)18(19,20)21)12-6-7-24-16-5-3-11(17(22)23)9-14(12)16/h2-6,8-9H,7H2,1H3,(H,22,23). The van der Waals surface area contributed by atoms with Gasteiger partial charge in [0.15, 0.2) is 0 Å². The molecule has 0 atom stereocenters. The van der Waals surface area contributed by atoms with E-state index in [1.807, 2.05) is 0 Å². The van der Waals surface area contributed by atoms with Gasteiger partial charge in [0.2, 0.25) is 0 Å². The van der Waals surface area contributed by atoms with Gasteiger partial charge in [-0.15, -0.1) is 0 Å². The Hall–Kier alpha value is -2.76. The fourth-order valence-corrected chi connectivity index (χ4v) is 2.71. The predicted molar refractivity (Wildman–Crippen MR) is 82.2 cm³/mol. The molecule has 2 aromatic carbocycles. The maximum Gasteiger partial charge on any atom is 0.417 e. The third kappa shape index (κ3) is 2.87. The van der Waals surface area contributed by atoms with Crippen molar-refractivity contribution in [1.82, 2.24) is 0 Å². The first kappa shape index (κ1) is 16.1. The SMILES string of the molecule is Cc1ccc(C2=CCOc3ccc(C(=O)O)cc32)c(C(F)(F)F)c1. The summed E-state index contributed by atoms with van der Waals surface area (Å²) in [4.78, 5) is 11.2. The van der Waals surface area contributed by atoms with Gasteiger partial charge in [-0.25, -0.2) is 4.79 Å². The van der Waals surface area contributed by atoms with Crippen molar-refractivity contribution >= 4 is 11.5 Å². The number of fused-ring (bicyclic) bond motifs is 1. The van der Waals surface area contributed by atoms with Crippen LogP contribution in [0, 0.1) is 6.92 Å². The van der Waals surface area contributed by atoms with Gasteiger partial charge < -0.3 is 9.84 Å². The smallest absolute Gasteiger partial charge is 0.417 e. The van der Waals surface area contributed by atoms with Crippen LogP contribution in [0.3, 0.4) is 0 Å². The lowest BCUT2D eigenvalue weighted by Crippen LogP contribution is -2.13. The molecule has 0 radical (unpaired) electrons. The molecule has 6 heteroatoms. The van der Waals surface area contributed by atoms with E-state index in [9.17, 15) is 18.0 Å². The molecule has 0 fully saturated rings. The van der Waals surface area contributed by atoms with Gasteiger partial charge in [-0.05, 0) is 48.4 Å². The van der Waals surface area contributed by atoms with E-state index in [2.05, 4.69) is 0 Å². The molecule has 0 saturated carbocycles. The molecule has 0 amide bonds. The summed E-state index contributed by atoms with van der Waals surface area (Å²) in [5, 5.41) is 9.12. The third-order valence-electron chi connectivity index (χ3n) is 3.81. The van der Waals surface area contributed by atoms with Gasteiger partial charge >= 0.3 is 12.1 Å². The van der Waals surface area contributed by atoms with Crippen LogP contribution in [0.15, 0.2) is 42.5 Å². The van der Waals surface area contributed by atoms with Crippen LogP contribution in [0.25, 0.3) is 5.57 Å². The van der Waals surface area contributed by atoms with E-state index in [0.717, 1.165) is 6.07 Å². The van der Waals surface area contributed by atoms with Crippen molar-refractivity contribution in [2.45, 2.75) is 13.1 Å². The second-order valence-corrected chi connectivity index (χ2v) is 5.49. The molecular formula is C18H13F3O3. The van der Waals surface area contributed by atoms with Crippen molar-refractivity contribution in [3.8, 4) is 5.75 Å². The van der Waals surface area contributed by atoms with E-state index in [4.69, 9.17) is 9.84 Å². The van der Waals surface area contributed by atoms with E-state index < -0.39 is 17.7 Å². The number of hydrogen-bond donors (Lipinski definition) is 1. The molecule has 24 heavy (non-hydrogen) atoms. The molecule has 0 saturated heterocycles. The van der Waals surface area contributed by atoms with Gasteiger partial charge in [-0.1, -0.05) is 17.7 Å². The quantitative estimate of drug-likeness (QED) is 0.877. The van der Waals surface area contributed by atoms with Gasteiger partial charge in [0.05, 0.1) is 11.1 Å². The van der Waals surface area contributed by atoms with Crippen molar-refractivity contribution in [3.05, 3.63) is 70.3 Å². The second-order valence-electron chi connectivity index (χ2n) is 5.49. The lowest BCUT2D eigenvalue weighted by atomic mass is 9.90. The average molecular weight is 334 g/mol. The molecular weight excluding hydrogens is 321 g/mol. The Morgan fingerprint density at radius 2 is 1.88 bits per heavy atom. The predicted octanol–water partition coefficient (Wildman–Crippen LogP) is 4.54. The average Bonchev–Trinajstić information content (AvgIpc) is 2.53. The summed E-state index contributed by atoms with van der Waals surface area (Å²) in [6, 6.07) is 8.26. The first-order valence-electron chi connectivity index (χ1n) is 7.16. The van der Waals surface area contributed by atoms with Crippen LogP contribution in [0.1, 0.15) is 32.6 Å². The number of benzene rings is 2. The van der Waals surface area contributed by atoms with Crippen molar-refractivity contribution < 1.29 is 27.8 Å². The van der Waals surface area contributed by atoms with E-state index in [1.165, 1.54) is 30.3 Å². The summed E-state index contributed by atoms with van der Waals surface area (Å²) in [5.41, 5.74) is 0.425. The molecule has 3 nitrogen and oxygen atoms in total. The molecule has 0 aromatic heterocycles. The minimum absolute atomic E-state index is 0.00850. The van der Waals surface area contributed by atoms with E-state index in [0.29, 0.717) is 22.4 Å². The number of aryl methyl sites for hydroxylation is 1. The summed E-state index contributed by atoms with van der Waals surface area (Å²) in [7, 11) is 0. The topological polar surface area (TPSA) is 46.5 Å². The van der Waals surface area contributed by atoms with Crippen LogP contribution in [0.4, 0.5) is 13.2 Å². The highest BCUT2D eigenvalue weighted by atomic mass is 19.4. The monoisotopic (exact) mass is 334 g/mol. The van der Waals surface area contributed by atoms with E-state index in [1.54, 1.807) is 13.0 Å². The van der Waals surface area contributed by atoms with Gasteiger partial charge in [0, 0.05) is 5.56 Å². The van der Waals surface area contributed by atoms with Crippen molar-refractivity contribution in [3.63, 3.8) is 0 Å². The second kappa shape index (κ2) is 5.70. The molecule has 1 aliphatic rings. The highest BCUT2D eigenvalue weighted by Crippen LogP contribution is 2.41. The van der Waals surface area contributed by atoms with Crippen LogP contribution >= 0.6 is 0 Å². The summed E-state index contributed by atoms with van der Waals surface area (Å²) in [6.07, 6.45) is -2.97. The zero-order valence-electron chi connectivity index (χ0n) is 12.6. The van der Waals surface area contributed by atoms with Crippen LogP contribution in [-0.2, 0) is 6.18 Å². The van der Waals surface area contributed by atoms with Gasteiger partial charge in [-0.2, -0.15) is 13.2 Å². The Morgan fingerprint density at radius 3 is 2.54 bits per heavy atom. The van der Waals surface area contributed by atoms with Gasteiger partial charge in [0.25, 0.3) is 0 Å². The minimum Gasteiger partial charge on any atom is -0.489 e. The molecule has 1 aliphatic heterocycles. The number of alkyl halides is 3. The molecule has 3 rings (SSSR count). The lowest BCUT2D eigenvalue weighted by molar-refractivity contribution is -0.137. The fourth-order valence-electron chi connectivity index (χ4n) is 2.71. The third-order valence-corrected chi connectivity index (χ3v) is 3.81. The molecule has 1 N–H and O–H groups in total. The van der Waals surface area contributed by atoms with Crippen molar-refractivity contribution in [2.75, 3.05) is 6.61 Å². The molecule has 0 spiro atoms. The largest absolute Gasteiger partial charge is 0.489 e. The highest BCUT2D eigenvalue weighted by Gasteiger charge is 2.35. The molecule has 2 aromatic rings. The molecule has 0 bridgehead atoms. The number of rotatable bonds is 2. The molecule has 124 valence electrons. The van der Waals surface area contributed by atoms with E-state index in [-0.39, 0.29) is 17.7 Å².